The first-order valence-corrected chi connectivity index (χ1v) is 7.53. The third-order valence-corrected chi connectivity index (χ3v) is 3.92. The number of rotatable bonds is 4. The molecule has 0 N–H and O–H groups in total. The highest BCUT2D eigenvalue weighted by molar-refractivity contribution is 7.99. The Morgan fingerprint density at radius 2 is 2.06 bits per heavy atom. The number of nitrogens with zero attached hydrogens (tertiary/aromatic N) is 3. The van der Waals surface area contributed by atoms with Gasteiger partial charge in [0, 0.05) is 13.1 Å². The van der Waals surface area contributed by atoms with Gasteiger partial charge in [0.15, 0.2) is 11.4 Å². The summed E-state index contributed by atoms with van der Waals surface area (Å²) in [5.41, 5.74) is 0.416. The average Bonchev–Trinajstić information content (AvgIpc) is 2.39. The molecule has 0 amide bonds. The molecule has 0 aromatic carbocycles. The number of piperidine rings is 1. The molecule has 0 unspecified atom stereocenters. The van der Waals surface area contributed by atoms with E-state index in [-0.39, 0.29) is 5.15 Å². The number of aldehydes is 1. The molecule has 1 aliphatic heterocycles. The van der Waals surface area contributed by atoms with Crippen LogP contribution in [0.15, 0.2) is 5.16 Å². The summed E-state index contributed by atoms with van der Waals surface area (Å²) in [5.74, 6) is 1.58. The van der Waals surface area contributed by atoms with Crippen LogP contribution in [-0.2, 0) is 0 Å². The van der Waals surface area contributed by atoms with E-state index < -0.39 is 0 Å². The minimum absolute atomic E-state index is 0.261. The lowest BCUT2D eigenvalue weighted by Crippen LogP contribution is -2.31. The molecule has 1 aromatic heterocycles. The van der Waals surface area contributed by atoms with Crippen LogP contribution in [-0.4, -0.2) is 35.1 Å². The minimum Gasteiger partial charge on any atom is -0.356 e. The van der Waals surface area contributed by atoms with Crippen LogP contribution in [0.3, 0.4) is 0 Å². The third kappa shape index (κ3) is 2.95. The van der Waals surface area contributed by atoms with Gasteiger partial charge in [0.1, 0.15) is 11.0 Å². The topological polar surface area (TPSA) is 46.1 Å². The van der Waals surface area contributed by atoms with Gasteiger partial charge >= 0.3 is 0 Å². The van der Waals surface area contributed by atoms with E-state index >= 15 is 0 Å². The molecular weight excluding hydrogens is 270 g/mol. The summed E-state index contributed by atoms with van der Waals surface area (Å²) in [6.07, 6.45) is 4.27. The Bertz CT molecular complexity index is 436. The number of anilines is 1. The molecule has 0 spiro atoms. The smallest absolute Gasteiger partial charge is 0.190 e. The number of carbonyl (C=O) groups excluding carboxylic acids is 1. The Morgan fingerprint density at radius 3 is 2.67 bits per heavy atom. The zero-order valence-electron chi connectivity index (χ0n) is 10.4. The Balaban J connectivity index is 2.37. The van der Waals surface area contributed by atoms with Gasteiger partial charge in [-0.05, 0) is 25.0 Å². The van der Waals surface area contributed by atoms with E-state index in [4.69, 9.17) is 11.6 Å². The lowest BCUT2D eigenvalue weighted by atomic mass is 10.1. The van der Waals surface area contributed by atoms with Gasteiger partial charge in [-0.25, -0.2) is 9.97 Å². The Labute approximate surface area is 116 Å². The molecule has 4 nitrogen and oxygen atoms in total. The second kappa shape index (κ2) is 6.38. The largest absolute Gasteiger partial charge is 0.356 e. The Morgan fingerprint density at radius 1 is 1.33 bits per heavy atom. The third-order valence-electron chi connectivity index (χ3n) is 2.91. The molecular formula is C12H16ClN3OS. The fourth-order valence-corrected chi connectivity index (χ4v) is 2.88. The summed E-state index contributed by atoms with van der Waals surface area (Å²) in [6.45, 7) is 3.91. The van der Waals surface area contributed by atoms with Crippen molar-refractivity contribution in [1.29, 1.82) is 0 Å². The molecule has 1 aliphatic rings. The van der Waals surface area contributed by atoms with Crippen molar-refractivity contribution in [3.63, 3.8) is 0 Å². The Hall–Kier alpha value is -0.810. The summed E-state index contributed by atoms with van der Waals surface area (Å²) < 4.78 is 0. The first-order chi connectivity index (χ1) is 8.76. The predicted molar refractivity (Wildman–Crippen MR) is 74.9 cm³/mol. The first kappa shape index (κ1) is 13.6. The van der Waals surface area contributed by atoms with Gasteiger partial charge in [-0.1, -0.05) is 30.3 Å². The molecule has 0 atom stereocenters. The summed E-state index contributed by atoms with van der Waals surface area (Å²) in [7, 11) is 0. The molecule has 98 valence electrons. The molecule has 0 saturated carbocycles. The quantitative estimate of drug-likeness (QED) is 0.368. The molecule has 2 rings (SSSR count). The summed E-state index contributed by atoms with van der Waals surface area (Å²) in [4.78, 5) is 21.9. The van der Waals surface area contributed by atoms with Crippen LogP contribution in [0, 0.1) is 0 Å². The number of aromatic nitrogens is 2. The minimum atomic E-state index is 0.261. The van der Waals surface area contributed by atoms with Crippen molar-refractivity contribution in [2.75, 3.05) is 23.7 Å². The SMILES string of the molecule is CCSc1nc(Cl)c(C=O)c(N2CCCCC2)n1. The lowest BCUT2D eigenvalue weighted by Gasteiger charge is -2.28. The van der Waals surface area contributed by atoms with Crippen LogP contribution in [0.4, 0.5) is 5.82 Å². The molecule has 6 heteroatoms. The molecule has 0 aliphatic carbocycles. The maximum absolute atomic E-state index is 11.2. The standard InChI is InChI=1S/C12H16ClN3OS/c1-2-18-12-14-10(13)9(8-17)11(15-12)16-6-4-3-5-7-16/h8H,2-7H2,1H3. The van der Waals surface area contributed by atoms with E-state index in [1.807, 2.05) is 6.92 Å². The average molecular weight is 286 g/mol. The fraction of sp³-hybridized carbons (Fsp3) is 0.583. The summed E-state index contributed by atoms with van der Waals surface area (Å²) in [6, 6.07) is 0. The molecule has 18 heavy (non-hydrogen) atoms. The normalized spacial score (nSPS) is 15.8. The van der Waals surface area contributed by atoms with Crippen LogP contribution in [0.5, 0.6) is 0 Å². The number of thioether (sulfide) groups is 1. The highest BCUT2D eigenvalue weighted by atomic mass is 35.5. The molecule has 2 heterocycles. The fourth-order valence-electron chi connectivity index (χ4n) is 2.05. The number of halogens is 1. The van der Waals surface area contributed by atoms with Crippen molar-refractivity contribution in [1.82, 2.24) is 9.97 Å². The molecule has 0 bridgehead atoms. The van der Waals surface area contributed by atoms with Crippen LogP contribution in [0.25, 0.3) is 0 Å². The van der Waals surface area contributed by atoms with Crippen molar-refractivity contribution < 1.29 is 4.79 Å². The van der Waals surface area contributed by atoms with E-state index in [9.17, 15) is 4.79 Å². The van der Waals surface area contributed by atoms with Gasteiger partial charge in [0.05, 0.1) is 5.56 Å². The van der Waals surface area contributed by atoms with Crippen molar-refractivity contribution in [3.8, 4) is 0 Å². The monoisotopic (exact) mass is 285 g/mol. The summed E-state index contributed by atoms with van der Waals surface area (Å²) >= 11 is 7.60. The predicted octanol–water partition coefficient (Wildman–Crippen LogP) is 3.04. The van der Waals surface area contributed by atoms with Gasteiger partial charge in [-0.15, -0.1) is 0 Å². The van der Waals surface area contributed by atoms with Crippen LogP contribution in [0.2, 0.25) is 5.15 Å². The van der Waals surface area contributed by atoms with Gasteiger partial charge in [-0.2, -0.15) is 0 Å². The zero-order chi connectivity index (χ0) is 13.0. The molecule has 0 radical (unpaired) electrons. The molecule has 1 aromatic rings. The lowest BCUT2D eigenvalue weighted by molar-refractivity contribution is 0.112. The zero-order valence-corrected chi connectivity index (χ0v) is 11.9. The number of carbonyl (C=O) groups is 1. The highest BCUT2D eigenvalue weighted by Crippen LogP contribution is 2.28. The van der Waals surface area contributed by atoms with E-state index in [2.05, 4.69) is 14.9 Å². The second-order valence-corrected chi connectivity index (χ2v) is 5.72. The first-order valence-electron chi connectivity index (χ1n) is 6.16. The van der Waals surface area contributed by atoms with Crippen LogP contribution in [0.1, 0.15) is 36.5 Å². The molecule has 1 saturated heterocycles. The number of hydrogen-bond acceptors (Lipinski definition) is 5. The number of hydrogen-bond donors (Lipinski definition) is 0. The van der Waals surface area contributed by atoms with Gasteiger partial charge in [0.25, 0.3) is 0 Å². The van der Waals surface area contributed by atoms with Gasteiger partial charge < -0.3 is 4.90 Å². The Kier molecular flexibility index (Phi) is 4.83. The van der Waals surface area contributed by atoms with E-state index in [0.29, 0.717) is 16.5 Å². The maximum atomic E-state index is 11.2. The van der Waals surface area contributed by atoms with Crippen LogP contribution < -0.4 is 4.90 Å². The van der Waals surface area contributed by atoms with Crippen molar-refractivity contribution >= 4 is 35.5 Å². The van der Waals surface area contributed by atoms with Crippen molar-refractivity contribution in [3.05, 3.63) is 10.7 Å². The van der Waals surface area contributed by atoms with Crippen LogP contribution >= 0.6 is 23.4 Å². The molecule has 1 fully saturated rings. The highest BCUT2D eigenvalue weighted by Gasteiger charge is 2.20. The van der Waals surface area contributed by atoms with E-state index in [1.54, 1.807) is 0 Å². The van der Waals surface area contributed by atoms with Gasteiger partial charge in [-0.3, -0.25) is 4.79 Å². The van der Waals surface area contributed by atoms with Gasteiger partial charge in [0.2, 0.25) is 0 Å². The van der Waals surface area contributed by atoms with Crippen molar-refractivity contribution in [2.24, 2.45) is 0 Å². The van der Waals surface area contributed by atoms with E-state index in [1.165, 1.54) is 18.2 Å². The van der Waals surface area contributed by atoms with E-state index in [0.717, 1.165) is 38.0 Å². The summed E-state index contributed by atoms with van der Waals surface area (Å²) in [5, 5.41) is 0.908. The maximum Gasteiger partial charge on any atom is 0.190 e. The van der Waals surface area contributed by atoms with Crippen molar-refractivity contribution in [2.45, 2.75) is 31.3 Å². The second-order valence-electron chi connectivity index (χ2n) is 4.13.